The van der Waals surface area contributed by atoms with Crippen LogP contribution in [-0.2, 0) is 0 Å². The first kappa shape index (κ1) is 20.3. The second-order valence-electron chi connectivity index (χ2n) is 7.03. The molecule has 5 heteroatoms. The van der Waals surface area contributed by atoms with Gasteiger partial charge in [0.25, 0.3) is 0 Å². The molecular weight excluding hydrogens is 425 g/mol. The lowest BCUT2D eigenvalue weighted by atomic mass is 9.98. The third-order valence-corrected chi connectivity index (χ3v) is 5.14. The highest BCUT2D eigenvalue weighted by molar-refractivity contribution is 14.0. The van der Waals surface area contributed by atoms with E-state index in [9.17, 15) is 0 Å². The highest BCUT2D eigenvalue weighted by atomic mass is 127. The van der Waals surface area contributed by atoms with Crippen molar-refractivity contribution in [2.75, 3.05) is 33.3 Å². The lowest BCUT2D eigenvalue weighted by Crippen LogP contribution is -2.40. The van der Waals surface area contributed by atoms with Gasteiger partial charge in [0.15, 0.2) is 5.96 Å². The fraction of sp³-hybridized carbons (Fsp3) is 0.650. The number of nitrogens with one attached hydrogen (secondary N) is 1. The number of methoxy groups -OCH3 is 1. The molecule has 25 heavy (non-hydrogen) atoms. The molecule has 0 amide bonds. The highest BCUT2D eigenvalue weighted by Gasteiger charge is 2.26. The zero-order chi connectivity index (χ0) is 16.8. The number of ether oxygens (including phenoxy) is 1. The maximum absolute atomic E-state index is 5.26. The highest BCUT2D eigenvalue weighted by Crippen LogP contribution is 2.33. The van der Waals surface area contributed by atoms with Gasteiger partial charge in [-0.05, 0) is 49.8 Å². The minimum absolute atomic E-state index is 0. The van der Waals surface area contributed by atoms with Crippen LogP contribution in [0.2, 0.25) is 0 Å². The number of hydrogen-bond acceptors (Lipinski definition) is 2. The molecule has 1 heterocycles. The monoisotopic (exact) mass is 457 g/mol. The second-order valence-corrected chi connectivity index (χ2v) is 7.03. The van der Waals surface area contributed by atoms with E-state index < -0.39 is 0 Å². The van der Waals surface area contributed by atoms with Gasteiger partial charge in [-0.2, -0.15) is 0 Å². The van der Waals surface area contributed by atoms with Crippen LogP contribution >= 0.6 is 24.0 Å². The lowest BCUT2D eigenvalue weighted by molar-refractivity contribution is 0.414. The maximum atomic E-state index is 5.26. The summed E-state index contributed by atoms with van der Waals surface area (Å²) in [5, 5.41) is 3.47. The van der Waals surface area contributed by atoms with E-state index in [1.165, 1.54) is 37.7 Å². The summed E-state index contributed by atoms with van der Waals surface area (Å²) in [5.41, 5.74) is 1.41. The Bertz CT molecular complexity index is 542. The molecule has 4 nitrogen and oxygen atoms in total. The number of benzene rings is 1. The molecule has 1 N–H and O–H groups in total. The van der Waals surface area contributed by atoms with E-state index in [1.807, 2.05) is 0 Å². The third kappa shape index (κ3) is 6.04. The van der Waals surface area contributed by atoms with Crippen molar-refractivity contribution in [1.29, 1.82) is 0 Å². The molecule has 0 aromatic heterocycles. The molecular formula is C20H32IN3O. The van der Waals surface area contributed by atoms with Gasteiger partial charge in [-0.3, -0.25) is 4.99 Å². The Morgan fingerprint density at radius 2 is 2.00 bits per heavy atom. The fourth-order valence-electron chi connectivity index (χ4n) is 3.50. The first-order valence-corrected chi connectivity index (χ1v) is 9.47. The Kier molecular flexibility index (Phi) is 8.33. The number of nitrogens with zero attached hydrogens (tertiary/aromatic N) is 2. The van der Waals surface area contributed by atoms with Gasteiger partial charge in [0.05, 0.1) is 7.11 Å². The van der Waals surface area contributed by atoms with Gasteiger partial charge in [0.2, 0.25) is 0 Å². The molecule has 1 unspecified atom stereocenters. The van der Waals surface area contributed by atoms with E-state index >= 15 is 0 Å². The molecule has 140 valence electrons. The predicted octanol–water partition coefficient (Wildman–Crippen LogP) is 4.26. The number of likely N-dealkylation sites (tertiary alicyclic amines) is 1. The van der Waals surface area contributed by atoms with E-state index in [4.69, 9.17) is 9.73 Å². The van der Waals surface area contributed by atoms with Crippen molar-refractivity contribution in [3.8, 4) is 5.75 Å². The van der Waals surface area contributed by atoms with Crippen LogP contribution in [0.25, 0.3) is 0 Å². The topological polar surface area (TPSA) is 36.9 Å². The van der Waals surface area contributed by atoms with Crippen molar-refractivity contribution in [3.63, 3.8) is 0 Å². The second kappa shape index (κ2) is 10.2. The van der Waals surface area contributed by atoms with Gasteiger partial charge in [-0.15, -0.1) is 24.0 Å². The molecule has 2 fully saturated rings. The summed E-state index contributed by atoms with van der Waals surface area (Å²) in [6.07, 6.45) is 6.67. The van der Waals surface area contributed by atoms with Gasteiger partial charge in [0, 0.05) is 32.1 Å². The van der Waals surface area contributed by atoms with Crippen molar-refractivity contribution in [2.24, 2.45) is 10.9 Å². The van der Waals surface area contributed by atoms with E-state index in [0.29, 0.717) is 5.92 Å². The zero-order valence-electron chi connectivity index (χ0n) is 15.5. The molecule has 0 spiro atoms. The minimum atomic E-state index is 0. The largest absolute Gasteiger partial charge is 0.497 e. The number of aliphatic imine (C=N–C) groups is 1. The molecule has 1 saturated heterocycles. The predicted molar refractivity (Wildman–Crippen MR) is 115 cm³/mol. The Hall–Kier alpha value is -0.980. The van der Waals surface area contributed by atoms with E-state index in [1.54, 1.807) is 7.11 Å². The normalized spacial score (nSPS) is 20.3. The smallest absolute Gasteiger partial charge is 0.193 e. The van der Waals surface area contributed by atoms with Crippen molar-refractivity contribution in [3.05, 3.63) is 29.8 Å². The van der Waals surface area contributed by atoms with Crippen LogP contribution in [0.5, 0.6) is 5.75 Å². The van der Waals surface area contributed by atoms with Crippen molar-refractivity contribution in [2.45, 2.75) is 44.9 Å². The van der Waals surface area contributed by atoms with Crippen LogP contribution in [0.3, 0.4) is 0 Å². The molecule has 3 rings (SSSR count). The fourth-order valence-corrected chi connectivity index (χ4v) is 3.50. The molecule has 0 bridgehead atoms. The number of rotatable bonds is 7. The molecule has 2 aliphatic rings. The number of guanidine groups is 1. The van der Waals surface area contributed by atoms with Crippen molar-refractivity contribution in [1.82, 2.24) is 10.2 Å². The van der Waals surface area contributed by atoms with Crippen LogP contribution < -0.4 is 10.1 Å². The minimum Gasteiger partial charge on any atom is -0.497 e. The van der Waals surface area contributed by atoms with Crippen molar-refractivity contribution < 1.29 is 4.74 Å². The van der Waals surface area contributed by atoms with Crippen LogP contribution in [0.1, 0.15) is 50.5 Å². The summed E-state index contributed by atoms with van der Waals surface area (Å²) < 4.78 is 5.26. The van der Waals surface area contributed by atoms with Gasteiger partial charge in [-0.1, -0.05) is 25.0 Å². The maximum Gasteiger partial charge on any atom is 0.193 e. The number of halogens is 1. The van der Waals surface area contributed by atoms with Gasteiger partial charge in [-0.25, -0.2) is 0 Å². The molecule has 1 aromatic rings. The van der Waals surface area contributed by atoms with E-state index in [-0.39, 0.29) is 24.0 Å². The summed E-state index contributed by atoms with van der Waals surface area (Å²) in [5.74, 6) is 3.63. The molecule has 1 aromatic carbocycles. The third-order valence-electron chi connectivity index (χ3n) is 5.14. The summed E-state index contributed by atoms with van der Waals surface area (Å²) in [7, 11) is 1.72. The average molecular weight is 457 g/mol. The summed E-state index contributed by atoms with van der Waals surface area (Å²) in [6.45, 7) is 6.19. The van der Waals surface area contributed by atoms with Crippen molar-refractivity contribution >= 4 is 29.9 Å². The lowest BCUT2D eigenvalue weighted by Gasteiger charge is -2.22. The quantitative estimate of drug-likeness (QED) is 0.288. The Morgan fingerprint density at radius 1 is 1.24 bits per heavy atom. The first-order valence-electron chi connectivity index (χ1n) is 9.47. The summed E-state index contributed by atoms with van der Waals surface area (Å²) in [4.78, 5) is 7.29. The average Bonchev–Trinajstić information content (AvgIpc) is 3.31. The Morgan fingerprint density at radius 3 is 2.64 bits per heavy atom. The van der Waals surface area contributed by atoms with Crippen LogP contribution in [0.4, 0.5) is 0 Å². The van der Waals surface area contributed by atoms with E-state index in [0.717, 1.165) is 43.8 Å². The molecule has 1 atom stereocenters. The SMILES string of the molecule is CCNC(=NCCCC1CC1)N1CCC(c2ccc(OC)cc2)C1.I. The Labute approximate surface area is 169 Å². The van der Waals surface area contributed by atoms with Gasteiger partial charge >= 0.3 is 0 Å². The van der Waals surface area contributed by atoms with Crippen LogP contribution in [-0.4, -0.2) is 44.1 Å². The van der Waals surface area contributed by atoms with Gasteiger partial charge in [0.1, 0.15) is 5.75 Å². The molecule has 0 radical (unpaired) electrons. The molecule has 1 aliphatic carbocycles. The first-order chi connectivity index (χ1) is 11.8. The van der Waals surface area contributed by atoms with E-state index in [2.05, 4.69) is 41.4 Å². The summed E-state index contributed by atoms with van der Waals surface area (Å²) >= 11 is 0. The van der Waals surface area contributed by atoms with Crippen LogP contribution in [0, 0.1) is 5.92 Å². The standard InChI is InChI=1S/C20H31N3O.HI/c1-3-21-20(22-13-4-5-16-6-7-16)23-14-12-18(15-23)17-8-10-19(24-2)11-9-17;/h8-11,16,18H,3-7,12-15H2,1-2H3,(H,21,22);1H. The van der Waals surface area contributed by atoms with Gasteiger partial charge < -0.3 is 15.0 Å². The van der Waals surface area contributed by atoms with Crippen LogP contribution in [0.15, 0.2) is 29.3 Å². The summed E-state index contributed by atoms with van der Waals surface area (Å²) in [6, 6.07) is 8.53. The molecule has 1 saturated carbocycles. The number of hydrogen-bond donors (Lipinski definition) is 1. The zero-order valence-corrected chi connectivity index (χ0v) is 17.9. The Balaban J connectivity index is 0.00000225. The molecule has 1 aliphatic heterocycles.